The van der Waals surface area contributed by atoms with E-state index >= 15 is 0 Å². The van der Waals surface area contributed by atoms with E-state index in [9.17, 15) is 14.7 Å². The van der Waals surface area contributed by atoms with Crippen LogP contribution in [0, 0.1) is 0 Å². The van der Waals surface area contributed by atoms with E-state index in [-0.39, 0.29) is 17.0 Å². The van der Waals surface area contributed by atoms with Crippen molar-refractivity contribution in [1.29, 1.82) is 0 Å². The summed E-state index contributed by atoms with van der Waals surface area (Å²) in [6, 6.07) is 27.4. The van der Waals surface area contributed by atoms with E-state index < -0.39 is 18.2 Å². The van der Waals surface area contributed by atoms with Gasteiger partial charge in [-0.05, 0) is 18.4 Å². The van der Waals surface area contributed by atoms with Gasteiger partial charge in [-0.1, -0.05) is 113 Å². The molecule has 0 aliphatic heterocycles. The number of carbonyl (C=O) groups is 2. The van der Waals surface area contributed by atoms with Crippen LogP contribution in [-0.4, -0.2) is 21.7 Å². The number of rotatable bonds is 11. The molecule has 0 aromatic heterocycles. The normalized spacial score (nSPS) is 13.7. The van der Waals surface area contributed by atoms with Gasteiger partial charge in [-0.25, -0.2) is 0 Å². The maximum absolute atomic E-state index is 13.0. The van der Waals surface area contributed by atoms with Crippen LogP contribution < -0.4 is 0 Å². The number of aliphatic hydroxyl groups is 1. The topological polar surface area (TPSA) is 63.6 Å². The van der Waals surface area contributed by atoms with Crippen LogP contribution in [0.5, 0.6) is 0 Å². The molecule has 0 saturated heterocycles. The van der Waals surface area contributed by atoms with Crippen LogP contribution in [0.1, 0.15) is 59.4 Å². The lowest BCUT2D eigenvalue weighted by Gasteiger charge is -2.18. The van der Waals surface area contributed by atoms with Gasteiger partial charge in [0.25, 0.3) is 0 Å². The first-order chi connectivity index (χ1) is 15.6. The second kappa shape index (κ2) is 12.3. The van der Waals surface area contributed by atoms with E-state index in [1.54, 1.807) is 36.4 Å². The first-order valence-corrected chi connectivity index (χ1v) is 11.7. The predicted molar refractivity (Wildman–Crippen MR) is 129 cm³/mol. The molecule has 0 aliphatic carbocycles. The lowest BCUT2D eigenvalue weighted by atomic mass is 9.99. The van der Waals surface area contributed by atoms with Crippen molar-refractivity contribution >= 4 is 27.7 Å². The third-order valence-corrected chi connectivity index (χ3v) is 6.20. The number of ketones is 1. The van der Waals surface area contributed by atoms with E-state index in [1.165, 1.54) is 0 Å². The van der Waals surface area contributed by atoms with Gasteiger partial charge in [0.1, 0.15) is 0 Å². The summed E-state index contributed by atoms with van der Waals surface area (Å²) in [6.07, 6.45) is 0.728. The number of esters is 1. The molecule has 3 rings (SSSR count). The van der Waals surface area contributed by atoms with E-state index in [2.05, 4.69) is 15.9 Å². The highest BCUT2D eigenvalue weighted by Crippen LogP contribution is 2.27. The number of hydrogen-bond donors (Lipinski definition) is 1. The fourth-order valence-corrected chi connectivity index (χ4v) is 4.10. The van der Waals surface area contributed by atoms with Crippen LogP contribution in [0.2, 0.25) is 0 Å². The molecule has 3 aromatic rings. The molecule has 4 nitrogen and oxygen atoms in total. The molecule has 0 spiro atoms. The molecule has 0 bridgehead atoms. The molecule has 5 heteroatoms. The number of hydrogen-bond acceptors (Lipinski definition) is 4. The number of unbranched alkanes of at least 4 members (excludes halogenated alkanes) is 1. The lowest BCUT2D eigenvalue weighted by Crippen LogP contribution is -2.20. The first-order valence-electron chi connectivity index (χ1n) is 10.8. The first kappa shape index (κ1) is 23.9. The zero-order chi connectivity index (χ0) is 22.8. The number of carbonyl (C=O) groups excluding carboxylic acids is 2. The summed E-state index contributed by atoms with van der Waals surface area (Å²) in [5, 5.41) is 10.4. The van der Waals surface area contributed by atoms with Gasteiger partial charge in [-0.3, -0.25) is 9.59 Å². The Morgan fingerprint density at radius 3 is 1.91 bits per heavy atom. The maximum atomic E-state index is 13.0. The Labute approximate surface area is 197 Å². The van der Waals surface area contributed by atoms with Gasteiger partial charge < -0.3 is 9.84 Å². The maximum Gasteiger partial charge on any atom is 0.306 e. The van der Waals surface area contributed by atoms with Gasteiger partial charge in [-0.15, -0.1) is 0 Å². The molecule has 0 aliphatic rings. The van der Waals surface area contributed by atoms with Gasteiger partial charge >= 0.3 is 5.97 Å². The van der Waals surface area contributed by atoms with Crippen LogP contribution in [0.3, 0.4) is 0 Å². The summed E-state index contributed by atoms with van der Waals surface area (Å²) in [5.41, 5.74) is 2.02. The Hall–Kier alpha value is -2.76. The number of alkyl halides is 1. The van der Waals surface area contributed by atoms with E-state index in [0.717, 1.165) is 12.0 Å². The summed E-state index contributed by atoms with van der Waals surface area (Å²) < 4.78 is 5.63. The quantitative estimate of drug-likeness (QED) is 0.148. The highest BCUT2D eigenvalue weighted by Gasteiger charge is 2.26. The number of aliphatic hydroxyl groups excluding tert-OH is 1. The van der Waals surface area contributed by atoms with E-state index in [0.29, 0.717) is 24.0 Å². The number of benzene rings is 3. The van der Waals surface area contributed by atoms with Crippen LogP contribution in [0.25, 0.3) is 0 Å². The SMILES string of the molecule is O=C(CCCCC(Br)C([17OH])c1ccccc1)OC(C(=O)c1ccccc1)c1ccccc1. The largest absolute Gasteiger partial charge is 0.449 e. The smallest absolute Gasteiger partial charge is 0.306 e. The number of halogens is 1. The summed E-state index contributed by atoms with van der Waals surface area (Å²) in [6.45, 7) is 0. The second-order valence-corrected chi connectivity index (χ2v) is 8.80. The minimum atomic E-state index is -0.963. The van der Waals surface area contributed by atoms with Crippen LogP contribution >= 0.6 is 15.9 Å². The molecule has 166 valence electrons. The summed E-state index contributed by atoms with van der Waals surface area (Å²) in [7, 11) is 0. The Bertz CT molecular complexity index is 976. The second-order valence-electron chi connectivity index (χ2n) is 7.63. The fraction of sp³-hybridized carbons (Fsp3) is 0.259. The van der Waals surface area contributed by atoms with Gasteiger partial charge in [0.15, 0.2) is 6.10 Å². The number of Topliss-reactive ketones (excluding diaryl/α,β-unsaturated/α-hetero) is 1. The minimum absolute atomic E-state index is 0.0994. The van der Waals surface area contributed by atoms with Crippen LogP contribution in [0.15, 0.2) is 91.0 Å². The molecular formula is C27H27BrO4. The van der Waals surface area contributed by atoms with Gasteiger partial charge in [0.05, 0.1) is 6.10 Å². The molecule has 3 atom stereocenters. The average molecular weight is 496 g/mol. The predicted octanol–water partition coefficient (Wildman–Crippen LogP) is 6.21. The molecule has 0 amide bonds. The summed E-state index contributed by atoms with van der Waals surface area (Å²) in [5.74, 6) is -0.644. The molecule has 0 radical (unpaired) electrons. The molecule has 1 N–H and O–H groups in total. The summed E-state index contributed by atoms with van der Waals surface area (Å²) >= 11 is 3.55. The van der Waals surface area contributed by atoms with Crippen molar-refractivity contribution in [3.8, 4) is 0 Å². The highest BCUT2D eigenvalue weighted by molar-refractivity contribution is 9.09. The Morgan fingerprint density at radius 2 is 1.31 bits per heavy atom. The molecular weight excluding hydrogens is 469 g/mol. The minimum Gasteiger partial charge on any atom is -0.449 e. The molecule has 3 unspecified atom stereocenters. The molecule has 3 aromatic carbocycles. The third-order valence-electron chi connectivity index (χ3n) is 5.24. The average Bonchev–Trinajstić information content (AvgIpc) is 2.85. The van der Waals surface area contributed by atoms with Crippen molar-refractivity contribution in [2.45, 2.75) is 42.7 Å². The number of ether oxygens (including phenoxy) is 1. The fourth-order valence-electron chi connectivity index (χ4n) is 3.47. The Morgan fingerprint density at radius 1 is 0.781 bits per heavy atom. The van der Waals surface area contributed by atoms with Gasteiger partial charge in [0.2, 0.25) is 5.78 Å². The van der Waals surface area contributed by atoms with Crippen molar-refractivity contribution in [2.75, 3.05) is 0 Å². The van der Waals surface area contributed by atoms with Crippen molar-refractivity contribution in [3.05, 3.63) is 108 Å². The van der Waals surface area contributed by atoms with Crippen LogP contribution in [-0.2, 0) is 9.53 Å². The monoisotopic (exact) mass is 495 g/mol. The molecule has 0 fully saturated rings. The standard InChI is InChI=1S/C27H27BrO4/c28-23(25(30)20-12-4-1-5-13-20)18-10-11-19-24(29)32-27(22-16-8-3-9-17-22)26(31)21-14-6-2-7-15-21/h1-9,12-17,23,25,27,30H,10-11,18-19H2/i30+1. The van der Waals surface area contributed by atoms with Crippen LogP contribution in [0.4, 0.5) is 0 Å². The third kappa shape index (κ3) is 6.87. The molecule has 0 heterocycles. The van der Waals surface area contributed by atoms with E-state index in [1.807, 2.05) is 54.6 Å². The molecule has 32 heavy (non-hydrogen) atoms. The van der Waals surface area contributed by atoms with Gasteiger partial charge in [-0.2, -0.15) is 0 Å². The molecule has 0 saturated carbocycles. The lowest BCUT2D eigenvalue weighted by molar-refractivity contribution is -0.147. The zero-order valence-corrected chi connectivity index (χ0v) is 19.4. The van der Waals surface area contributed by atoms with Crippen molar-refractivity contribution in [1.82, 2.24) is 0 Å². The Balaban J connectivity index is 1.52. The highest BCUT2D eigenvalue weighted by atomic mass is 79.9. The Kier molecular flexibility index (Phi) is 9.20. The van der Waals surface area contributed by atoms with E-state index in [4.69, 9.17) is 4.74 Å². The summed E-state index contributed by atoms with van der Waals surface area (Å²) in [4.78, 5) is 25.4. The van der Waals surface area contributed by atoms with Gasteiger partial charge in [0, 0.05) is 22.4 Å². The van der Waals surface area contributed by atoms with Crippen molar-refractivity contribution in [3.63, 3.8) is 0 Å². The zero-order valence-electron chi connectivity index (χ0n) is 17.8. The van der Waals surface area contributed by atoms with Crippen molar-refractivity contribution < 1.29 is 19.4 Å². The van der Waals surface area contributed by atoms with Crippen molar-refractivity contribution in [2.24, 2.45) is 0 Å².